The third-order valence-corrected chi connectivity index (χ3v) is 7.71. The van der Waals surface area contributed by atoms with Gasteiger partial charge in [-0.2, -0.15) is 0 Å². The zero-order valence-electron chi connectivity index (χ0n) is 21.4. The molecule has 2 saturated heterocycles. The van der Waals surface area contributed by atoms with E-state index in [2.05, 4.69) is 17.1 Å². The molecule has 1 unspecified atom stereocenters. The molecule has 6 heteroatoms. The summed E-state index contributed by atoms with van der Waals surface area (Å²) in [5, 5.41) is 3.12. The molecule has 3 atom stereocenters. The highest BCUT2D eigenvalue weighted by Crippen LogP contribution is 2.34. The first kappa shape index (κ1) is 25.4. The summed E-state index contributed by atoms with van der Waals surface area (Å²) in [6.07, 6.45) is 3.66. The molecular weight excluding hydrogens is 441 g/mol. The lowest BCUT2D eigenvalue weighted by atomic mass is 9.84. The van der Waals surface area contributed by atoms with E-state index in [0.717, 1.165) is 42.7 Å². The van der Waals surface area contributed by atoms with E-state index in [9.17, 15) is 14.0 Å². The molecule has 2 amide bonds. The van der Waals surface area contributed by atoms with Crippen molar-refractivity contribution in [2.24, 2.45) is 11.8 Å². The largest absolute Gasteiger partial charge is 0.350 e. The summed E-state index contributed by atoms with van der Waals surface area (Å²) in [4.78, 5) is 30.4. The molecule has 2 fully saturated rings. The third-order valence-electron chi connectivity index (χ3n) is 7.71. The molecule has 5 nitrogen and oxygen atoms in total. The van der Waals surface area contributed by atoms with Gasteiger partial charge in [0.25, 0.3) is 5.91 Å². The molecule has 0 radical (unpaired) electrons. The smallest absolute Gasteiger partial charge is 0.251 e. The van der Waals surface area contributed by atoms with E-state index in [1.54, 1.807) is 6.07 Å². The molecule has 0 aliphatic carbocycles. The maximum atomic E-state index is 14.3. The minimum Gasteiger partial charge on any atom is -0.350 e. The molecule has 2 aliphatic rings. The summed E-state index contributed by atoms with van der Waals surface area (Å²) in [7, 11) is 0. The second-order valence-electron chi connectivity index (χ2n) is 10.3. The number of hydrogen-bond donors (Lipinski definition) is 1. The van der Waals surface area contributed by atoms with Crippen LogP contribution in [0.3, 0.4) is 0 Å². The number of hydrogen-bond acceptors (Lipinski definition) is 3. The van der Waals surface area contributed by atoms with Crippen LogP contribution in [0.25, 0.3) is 0 Å². The molecule has 188 valence electrons. The van der Waals surface area contributed by atoms with Crippen LogP contribution in [0, 0.1) is 31.5 Å². The monoisotopic (exact) mass is 479 g/mol. The van der Waals surface area contributed by atoms with Gasteiger partial charge in [-0.15, -0.1) is 0 Å². The second kappa shape index (κ2) is 10.9. The number of rotatable bonds is 7. The van der Waals surface area contributed by atoms with Crippen molar-refractivity contribution < 1.29 is 14.0 Å². The Kier molecular flexibility index (Phi) is 7.90. The van der Waals surface area contributed by atoms with Gasteiger partial charge in [-0.1, -0.05) is 32.0 Å². The summed E-state index contributed by atoms with van der Waals surface area (Å²) in [6, 6.07) is 11.1. The van der Waals surface area contributed by atoms with Gasteiger partial charge in [-0.3, -0.25) is 14.5 Å². The summed E-state index contributed by atoms with van der Waals surface area (Å²) in [6.45, 7) is 11.4. The molecule has 0 saturated carbocycles. The summed E-state index contributed by atoms with van der Waals surface area (Å²) >= 11 is 0. The summed E-state index contributed by atoms with van der Waals surface area (Å²) in [5.74, 6) is -0.115. The van der Waals surface area contributed by atoms with Crippen LogP contribution >= 0.6 is 0 Å². The minimum atomic E-state index is -0.189. The highest BCUT2D eigenvalue weighted by Gasteiger charge is 2.34. The van der Waals surface area contributed by atoms with Crippen LogP contribution in [0.4, 0.5) is 10.1 Å². The normalized spacial score (nSPS) is 23.1. The quantitative estimate of drug-likeness (QED) is 0.615. The Morgan fingerprint density at radius 2 is 1.89 bits per heavy atom. The van der Waals surface area contributed by atoms with Crippen LogP contribution in [0.2, 0.25) is 0 Å². The SMILES string of the molecule is CCN1CCCC1CNC(=O)c1cc(C)c(N2C[C@@H](Cc3ccccc3F)C[C@@H](C)C2=O)c(C)c1. The van der Waals surface area contributed by atoms with Gasteiger partial charge in [0.2, 0.25) is 5.91 Å². The van der Waals surface area contributed by atoms with E-state index in [-0.39, 0.29) is 29.5 Å². The van der Waals surface area contributed by atoms with Crippen LogP contribution < -0.4 is 10.2 Å². The second-order valence-corrected chi connectivity index (χ2v) is 10.3. The number of carbonyl (C=O) groups is 2. The third kappa shape index (κ3) is 5.58. The van der Waals surface area contributed by atoms with Crippen molar-refractivity contribution >= 4 is 17.5 Å². The van der Waals surface area contributed by atoms with Gasteiger partial charge in [0.05, 0.1) is 0 Å². The lowest BCUT2D eigenvalue weighted by Gasteiger charge is -2.38. The average Bonchev–Trinajstić information content (AvgIpc) is 3.29. The zero-order chi connectivity index (χ0) is 25.1. The number of benzene rings is 2. The number of nitrogens with one attached hydrogen (secondary N) is 1. The van der Waals surface area contributed by atoms with Crippen LogP contribution in [0.15, 0.2) is 36.4 Å². The number of nitrogens with zero attached hydrogens (tertiary/aromatic N) is 2. The molecule has 2 aromatic rings. The molecule has 35 heavy (non-hydrogen) atoms. The Bertz CT molecular complexity index is 1060. The Morgan fingerprint density at radius 3 is 2.57 bits per heavy atom. The van der Waals surface area contributed by atoms with Crippen molar-refractivity contribution in [3.8, 4) is 0 Å². The van der Waals surface area contributed by atoms with E-state index < -0.39 is 0 Å². The molecule has 0 aromatic heterocycles. The van der Waals surface area contributed by atoms with Crippen molar-refractivity contribution in [2.75, 3.05) is 31.1 Å². The van der Waals surface area contributed by atoms with Crippen LogP contribution in [-0.4, -0.2) is 48.9 Å². The highest BCUT2D eigenvalue weighted by molar-refractivity contribution is 5.99. The Morgan fingerprint density at radius 1 is 1.17 bits per heavy atom. The molecule has 2 heterocycles. The Hall–Kier alpha value is -2.73. The topological polar surface area (TPSA) is 52.7 Å². The maximum Gasteiger partial charge on any atom is 0.251 e. The Balaban J connectivity index is 1.49. The minimum absolute atomic E-state index is 0.0681. The fourth-order valence-electron chi connectivity index (χ4n) is 5.98. The van der Waals surface area contributed by atoms with Crippen molar-refractivity contribution in [1.82, 2.24) is 10.2 Å². The molecule has 2 aliphatic heterocycles. The van der Waals surface area contributed by atoms with Crippen LogP contribution in [0.1, 0.15) is 60.2 Å². The molecule has 1 N–H and O–H groups in total. The summed E-state index contributed by atoms with van der Waals surface area (Å²) in [5.41, 5.74) is 4.04. The van der Waals surface area contributed by atoms with E-state index in [1.165, 1.54) is 12.5 Å². The fraction of sp³-hybridized carbons (Fsp3) is 0.517. The van der Waals surface area contributed by atoms with Crippen molar-refractivity contribution in [3.05, 3.63) is 64.5 Å². The molecular formula is C29H38FN3O2. The van der Waals surface area contributed by atoms with Crippen molar-refractivity contribution in [2.45, 2.75) is 59.4 Å². The predicted molar refractivity (Wildman–Crippen MR) is 138 cm³/mol. The van der Waals surface area contributed by atoms with Crippen LogP contribution in [-0.2, 0) is 11.2 Å². The van der Waals surface area contributed by atoms with Crippen LogP contribution in [0.5, 0.6) is 0 Å². The van der Waals surface area contributed by atoms with Crippen molar-refractivity contribution in [3.63, 3.8) is 0 Å². The van der Waals surface area contributed by atoms with Gasteiger partial charge >= 0.3 is 0 Å². The number of halogens is 1. The number of likely N-dealkylation sites (tertiary alicyclic amines) is 1. The molecule has 0 spiro atoms. The van der Waals surface area contributed by atoms with Gasteiger partial charge in [-0.05, 0) is 93.4 Å². The number of carbonyl (C=O) groups excluding carboxylic acids is 2. The average molecular weight is 480 g/mol. The van der Waals surface area contributed by atoms with E-state index in [1.807, 2.05) is 49.9 Å². The van der Waals surface area contributed by atoms with Gasteiger partial charge in [0, 0.05) is 36.3 Å². The van der Waals surface area contributed by atoms with E-state index in [0.29, 0.717) is 36.7 Å². The first-order valence-electron chi connectivity index (χ1n) is 13.0. The summed E-state index contributed by atoms with van der Waals surface area (Å²) < 4.78 is 14.3. The standard InChI is InChI=1S/C29H38FN3O2/c1-5-32-12-8-10-25(32)17-31-28(34)24-14-19(2)27(20(3)15-24)33-18-22(13-21(4)29(33)35)16-23-9-6-7-11-26(23)30/h6-7,9,11,14-15,21-22,25H,5,8,10,12-13,16-18H2,1-4H3,(H,31,34)/t21-,22-,25?/m1/s1. The Labute approximate surface area is 208 Å². The number of anilines is 1. The molecule has 0 bridgehead atoms. The van der Waals surface area contributed by atoms with E-state index >= 15 is 0 Å². The fourth-order valence-corrected chi connectivity index (χ4v) is 5.98. The van der Waals surface area contributed by atoms with Gasteiger partial charge in [-0.25, -0.2) is 4.39 Å². The first-order valence-corrected chi connectivity index (χ1v) is 13.0. The van der Waals surface area contributed by atoms with Gasteiger partial charge in [0.1, 0.15) is 5.82 Å². The lowest BCUT2D eigenvalue weighted by Crippen LogP contribution is -2.46. The number of aryl methyl sites for hydroxylation is 2. The number of amides is 2. The predicted octanol–water partition coefficient (Wildman–Crippen LogP) is 4.89. The molecule has 2 aromatic carbocycles. The maximum absolute atomic E-state index is 14.3. The first-order chi connectivity index (χ1) is 16.8. The number of likely N-dealkylation sites (N-methyl/N-ethyl adjacent to an activating group) is 1. The molecule has 4 rings (SSSR count). The lowest BCUT2D eigenvalue weighted by molar-refractivity contribution is -0.124. The number of piperidine rings is 1. The van der Waals surface area contributed by atoms with Crippen molar-refractivity contribution in [1.29, 1.82) is 0 Å². The highest BCUT2D eigenvalue weighted by atomic mass is 19.1. The zero-order valence-corrected chi connectivity index (χ0v) is 21.4. The van der Waals surface area contributed by atoms with E-state index in [4.69, 9.17) is 0 Å². The van der Waals surface area contributed by atoms with Gasteiger partial charge < -0.3 is 10.2 Å². The van der Waals surface area contributed by atoms with Gasteiger partial charge in [0.15, 0.2) is 0 Å².